The van der Waals surface area contributed by atoms with Gasteiger partial charge in [0.2, 0.25) is 0 Å². The summed E-state index contributed by atoms with van der Waals surface area (Å²) in [4.78, 5) is 0.663. The van der Waals surface area contributed by atoms with E-state index in [1.165, 1.54) is 0 Å². The van der Waals surface area contributed by atoms with Gasteiger partial charge in [-0.15, -0.1) is 0 Å². The number of unbranched alkanes of at least 4 members (excludes halogenated alkanes) is 2. The molecule has 2 heterocycles. The van der Waals surface area contributed by atoms with Gasteiger partial charge in [0.1, 0.15) is 18.1 Å². The molecule has 2 aliphatic heterocycles. The molecule has 0 saturated heterocycles. The van der Waals surface area contributed by atoms with Gasteiger partial charge < -0.3 is 35.9 Å². The molecule has 0 radical (unpaired) electrons. The van der Waals surface area contributed by atoms with Gasteiger partial charge in [0, 0.05) is 33.1 Å². The molecular weight excluding hydrogens is 976 g/mol. The Balaban J connectivity index is 0.000000253. The van der Waals surface area contributed by atoms with E-state index in [4.69, 9.17) is 25.7 Å². The van der Waals surface area contributed by atoms with Gasteiger partial charge in [0.25, 0.3) is 0 Å². The lowest BCUT2D eigenvalue weighted by Gasteiger charge is -2.41. The molecule has 0 unspecified atom stereocenters. The van der Waals surface area contributed by atoms with E-state index in [0.717, 1.165) is 72.0 Å². The maximum absolute atomic E-state index is 13.7. The van der Waals surface area contributed by atoms with Gasteiger partial charge in [-0.1, -0.05) is 107 Å². The standard InChI is InChI=1S/C29H42INO5S.C22H29NO4S/c1-4-6-13-29(5-2)21-37(32,33)27-12-9-24(31)20-26(27)28(22(29)3)23-7-10-25(11-8-23)36-19-18-35-17-16-34-15-14-30;1-3-5-12-22(4-2)14-28(26,27)19-11-8-16(23)13-18(19)20(21(22)25)15-6-9-17(24)10-7-15/h7-12,20,22,28H,4-6,13-19,21,31H2,1-3H3;6-11,13,20-21,24-25H,3-5,12,14,23H2,1-2H3/t22-,28-,29-;20-,21-,22-/m11/s1. The van der Waals surface area contributed by atoms with Crippen molar-refractivity contribution in [1.29, 1.82) is 0 Å². The highest BCUT2D eigenvalue weighted by atomic mass is 127. The number of nitrogens with two attached hydrogens (primary N) is 2. The van der Waals surface area contributed by atoms with E-state index in [1.807, 2.05) is 25.1 Å². The number of halogens is 1. The molecule has 6 rings (SSSR count). The number of alkyl halides is 1. The normalized spacial score (nSPS) is 24.4. The fourth-order valence-electron chi connectivity index (χ4n) is 10.0. The van der Waals surface area contributed by atoms with Gasteiger partial charge in [-0.25, -0.2) is 16.8 Å². The summed E-state index contributed by atoms with van der Waals surface area (Å²) in [6, 6.07) is 24.8. The monoisotopic (exact) mass is 1050 g/mol. The number of benzene rings is 4. The molecule has 0 bridgehead atoms. The van der Waals surface area contributed by atoms with E-state index >= 15 is 0 Å². The lowest BCUT2D eigenvalue weighted by atomic mass is 9.64. The molecule has 0 amide bonds. The maximum atomic E-state index is 13.7. The van der Waals surface area contributed by atoms with Gasteiger partial charge in [0.05, 0.1) is 53.8 Å². The summed E-state index contributed by atoms with van der Waals surface area (Å²) >= 11 is 2.28. The number of anilines is 2. The number of rotatable bonds is 19. The Morgan fingerprint density at radius 3 is 1.63 bits per heavy atom. The van der Waals surface area contributed by atoms with Gasteiger partial charge in [-0.05, 0) is 120 Å². The van der Waals surface area contributed by atoms with E-state index in [9.17, 15) is 27.0 Å². The third-order valence-corrected chi connectivity index (χ3v) is 18.3. The number of hydrogen-bond donors (Lipinski definition) is 4. The number of aliphatic hydroxyl groups excluding tert-OH is 1. The second-order valence-electron chi connectivity index (χ2n) is 17.9. The van der Waals surface area contributed by atoms with E-state index in [0.29, 0.717) is 61.1 Å². The van der Waals surface area contributed by atoms with Crippen LogP contribution >= 0.6 is 22.6 Å². The molecule has 0 spiro atoms. The van der Waals surface area contributed by atoms with Gasteiger partial charge in [-0.3, -0.25) is 0 Å². The van der Waals surface area contributed by atoms with Crippen LogP contribution in [-0.4, -0.2) is 82.1 Å². The van der Waals surface area contributed by atoms with Crippen molar-refractivity contribution in [2.45, 2.75) is 114 Å². The Kier molecular flexibility index (Phi) is 19.0. The highest BCUT2D eigenvalue weighted by Gasteiger charge is 2.49. The number of ether oxygens (including phenoxy) is 3. The van der Waals surface area contributed by atoms with Crippen LogP contribution in [0.1, 0.15) is 120 Å². The number of phenols is 1. The van der Waals surface area contributed by atoms with E-state index in [-0.39, 0.29) is 39.4 Å². The zero-order valence-corrected chi connectivity index (χ0v) is 42.6. The minimum atomic E-state index is -3.59. The van der Waals surface area contributed by atoms with Crippen LogP contribution in [0.15, 0.2) is 94.7 Å². The van der Waals surface area contributed by atoms with E-state index in [1.54, 1.807) is 54.6 Å². The highest BCUT2D eigenvalue weighted by Crippen LogP contribution is 2.53. The topological polar surface area (TPSA) is 188 Å². The molecule has 65 heavy (non-hydrogen) atoms. The quantitative estimate of drug-likeness (QED) is 0.0303. The Morgan fingerprint density at radius 2 is 1.11 bits per heavy atom. The number of phenolic OH excluding ortho intramolecular Hbond substituents is 1. The lowest BCUT2D eigenvalue weighted by molar-refractivity contribution is 0.0174. The minimum Gasteiger partial charge on any atom is -0.508 e. The molecule has 6 N–H and O–H groups in total. The number of aliphatic hydroxyl groups is 1. The minimum absolute atomic E-state index is 0.0764. The summed E-state index contributed by atoms with van der Waals surface area (Å²) in [5.74, 6) is 0.499. The van der Waals surface area contributed by atoms with Crippen LogP contribution in [0.2, 0.25) is 0 Å². The second-order valence-corrected chi connectivity index (χ2v) is 22.9. The second kappa shape index (κ2) is 23.5. The van der Waals surface area contributed by atoms with Crippen molar-refractivity contribution >= 4 is 53.6 Å². The van der Waals surface area contributed by atoms with Crippen molar-refractivity contribution in [3.63, 3.8) is 0 Å². The molecule has 4 aromatic carbocycles. The first-order valence-electron chi connectivity index (χ1n) is 23.2. The number of hydrogen-bond acceptors (Lipinski definition) is 11. The summed E-state index contributed by atoms with van der Waals surface area (Å²) < 4.78 is 71.8. The fourth-order valence-corrected chi connectivity index (χ4v) is 14.9. The third kappa shape index (κ3) is 12.6. The molecule has 0 fully saturated rings. The predicted octanol–water partition coefficient (Wildman–Crippen LogP) is 10.1. The smallest absolute Gasteiger partial charge is 0.179 e. The summed E-state index contributed by atoms with van der Waals surface area (Å²) in [7, 11) is -7.05. The summed E-state index contributed by atoms with van der Waals surface area (Å²) in [5.41, 5.74) is 15.4. The maximum Gasteiger partial charge on any atom is 0.179 e. The van der Waals surface area contributed by atoms with Gasteiger partial charge in [0.15, 0.2) is 19.7 Å². The van der Waals surface area contributed by atoms with Crippen molar-refractivity contribution < 1.29 is 41.3 Å². The zero-order valence-electron chi connectivity index (χ0n) is 38.8. The Morgan fingerprint density at radius 1 is 0.646 bits per heavy atom. The van der Waals surface area contributed by atoms with Crippen LogP contribution in [0.5, 0.6) is 11.5 Å². The molecule has 0 aromatic heterocycles. The highest BCUT2D eigenvalue weighted by molar-refractivity contribution is 14.1. The van der Waals surface area contributed by atoms with Gasteiger partial charge >= 0.3 is 0 Å². The van der Waals surface area contributed by atoms with E-state index < -0.39 is 37.1 Å². The molecule has 11 nitrogen and oxygen atoms in total. The molecule has 4 aromatic rings. The Bertz CT molecular complexity index is 2360. The van der Waals surface area contributed by atoms with Crippen molar-refractivity contribution in [2.75, 3.05) is 60.4 Å². The molecule has 6 atom stereocenters. The number of nitrogen functional groups attached to an aromatic ring is 2. The fraction of sp³-hybridized carbons (Fsp3) is 0.529. The first kappa shape index (κ1) is 52.6. The first-order chi connectivity index (χ1) is 31.0. The van der Waals surface area contributed by atoms with Crippen molar-refractivity contribution in [1.82, 2.24) is 0 Å². The van der Waals surface area contributed by atoms with Crippen molar-refractivity contribution in [3.8, 4) is 11.5 Å². The molecule has 14 heteroatoms. The summed E-state index contributed by atoms with van der Waals surface area (Å²) in [5, 5.41) is 21.3. The summed E-state index contributed by atoms with van der Waals surface area (Å²) in [6.45, 7) is 13.4. The van der Waals surface area contributed by atoms with E-state index in [2.05, 4.69) is 62.4 Å². The molecule has 358 valence electrons. The number of fused-ring (bicyclic) bond motifs is 2. The average molecular weight is 1050 g/mol. The third-order valence-electron chi connectivity index (χ3n) is 13.8. The van der Waals surface area contributed by atoms with Crippen LogP contribution in [0.3, 0.4) is 0 Å². The summed E-state index contributed by atoms with van der Waals surface area (Å²) in [6.07, 6.45) is 5.86. The number of aromatic hydroxyl groups is 1. The van der Waals surface area contributed by atoms with Crippen LogP contribution in [0.25, 0.3) is 0 Å². The Hall–Kier alpha value is -3.41. The zero-order chi connectivity index (χ0) is 47.4. The molecule has 2 aliphatic rings. The number of sulfone groups is 2. The van der Waals surface area contributed by atoms with Crippen molar-refractivity contribution in [2.24, 2.45) is 16.7 Å². The molecular formula is C51H71IN2O9S2. The van der Waals surface area contributed by atoms with Crippen LogP contribution in [0, 0.1) is 16.7 Å². The molecule has 0 saturated carbocycles. The Labute approximate surface area is 402 Å². The van der Waals surface area contributed by atoms with Crippen LogP contribution in [0.4, 0.5) is 11.4 Å². The first-order valence-corrected chi connectivity index (χ1v) is 28.0. The van der Waals surface area contributed by atoms with Crippen LogP contribution < -0.4 is 16.2 Å². The average Bonchev–Trinajstić information content (AvgIpc) is 3.40. The lowest BCUT2D eigenvalue weighted by Crippen LogP contribution is -2.42. The van der Waals surface area contributed by atoms with Crippen LogP contribution in [-0.2, 0) is 29.1 Å². The SMILES string of the molecule is CCCC[C@]1(CC)CS(=O)(=O)c2ccc(N)cc2[C@@H](c2ccc(O)cc2)[C@H]1O.CCCC[C@]1(CC)CS(=O)(=O)c2ccc(N)cc2[C@@H](c2ccc(OCCOCCOCCI)cc2)[C@H]1C. The van der Waals surface area contributed by atoms with Gasteiger partial charge in [-0.2, -0.15) is 0 Å². The van der Waals surface area contributed by atoms with Crippen molar-refractivity contribution in [3.05, 3.63) is 107 Å². The largest absolute Gasteiger partial charge is 0.508 e. The predicted molar refractivity (Wildman–Crippen MR) is 270 cm³/mol. The molecule has 0 aliphatic carbocycles.